The molecule has 1 aromatic heterocycles. The van der Waals surface area contributed by atoms with Gasteiger partial charge in [-0.25, -0.2) is 4.79 Å². The van der Waals surface area contributed by atoms with E-state index in [0.717, 1.165) is 16.5 Å². The first kappa shape index (κ1) is 31.8. The lowest BCUT2D eigenvalue weighted by Gasteiger charge is -2.26. The van der Waals surface area contributed by atoms with E-state index in [1.54, 1.807) is 20.0 Å². The fourth-order valence-corrected chi connectivity index (χ4v) is 4.04. The Bertz CT molecular complexity index is 1240. The number of aromatic nitrogens is 1. The highest BCUT2D eigenvalue weighted by atomic mass is 16.4. The van der Waals surface area contributed by atoms with Crippen molar-refractivity contribution in [1.82, 2.24) is 20.9 Å². The number of fused-ring (bicyclic) bond motifs is 1. The van der Waals surface area contributed by atoms with Gasteiger partial charge < -0.3 is 42.0 Å². The summed E-state index contributed by atoms with van der Waals surface area (Å²) in [7, 11) is 0. The molecule has 0 aliphatic carbocycles. The molecule has 1 aromatic carbocycles. The molecule has 14 nitrogen and oxygen atoms in total. The number of aromatic amines is 1. The van der Waals surface area contributed by atoms with Crippen molar-refractivity contribution in [3.63, 3.8) is 0 Å². The van der Waals surface area contributed by atoms with Gasteiger partial charge in [-0.05, 0) is 30.4 Å². The summed E-state index contributed by atoms with van der Waals surface area (Å²) in [5, 5.41) is 35.5. The third-order valence-corrected chi connectivity index (χ3v) is 6.52. The molecule has 9 N–H and O–H groups in total. The number of carbonyl (C=O) groups excluding carboxylic acids is 3. The number of benzene rings is 1. The largest absolute Gasteiger partial charge is 0.481 e. The number of amides is 3. The molecule has 0 spiro atoms. The van der Waals surface area contributed by atoms with Crippen molar-refractivity contribution >= 4 is 46.5 Å². The van der Waals surface area contributed by atoms with Crippen molar-refractivity contribution in [2.24, 2.45) is 11.7 Å². The maximum Gasteiger partial charge on any atom is 0.326 e. The van der Waals surface area contributed by atoms with E-state index in [-0.39, 0.29) is 6.42 Å². The minimum Gasteiger partial charge on any atom is -0.481 e. The van der Waals surface area contributed by atoms with Crippen LogP contribution in [0.2, 0.25) is 0 Å². The van der Waals surface area contributed by atoms with Crippen molar-refractivity contribution in [2.45, 2.75) is 70.1 Å². The first-order valence-corrected chi connectivity index (χ1v) is 12.7. The van der Waals surface area contributed by atoms with E-state index < -0.39 is 85.0 Å². The molecule has 2 aromatic rings. The highest BCUT2D eigenvalue weighted by Gasteiger charge is 2.33. The van der Waals surface area contributed by atoms with Gasteiger partial charge in [-0.15, -0.1) is 0 Å². The van der Waals surface area contributed by atoms with E-state index >= 15 is 0 Å². The number of rotatable bonds is 16. The maximum atomic E-state index is 13.0. The molecule has 5 atom stereocenters. The summed E-state index contributed by atoms with van der Waals surface area (Å²) in [4.78, 5) is 76.0. The van der Waals surface area contributed by atoms with Crippen LogP contribution in [-0.2, 0) is 35.2 Å². The monoisotopic (exact) mass is 561 g/mol. The van der Waals surface area contributed by atoms with Crippen LogP contribution < -0.4 is 21.7 Å². The summed E-state index contributed by atoms with van der Waals surface area (Å²) in [5.74, 6) is -7.35. The second-order valence-electron chi connectivity index (χ2n) is 9.53. The number of hydrogen-bond donors (Lipinski definition) is 8. The Morgan fingerprint density at radius 1 is 0.900 bits per heavy atom. The Hall–Kier alpha value is -4.46. The number of carboxylic acid groups (broad SMARTS) is 3. The molecule has 5 unspecified atom stereocenters. The minimum absolute atomic E-state index is 0.0765. The SMILES string of the molecule is CCC(C)C(NC(=O)C(CCC(=O)O)NC(=O)C(CC(=O)O)NC(=O)C(N)Cc1c[nH]c2ccccc12)C(=O)O. The zero-order valence-electron chi connectivity index (χ0n) is 22.2. The Labute approximate surface area is 229 Å². The van der Waals surface area contributed by atoms with Crippen LogP contribution in [-0.4, -0.2) is 80.1 Å². The number of nitrogens with two attached hydrogens (primary N) is 1. The number of para-hydroxylation sites is 1. The average molecular weight is 562 g/mol. The summed E-state index contributed by atoms with van der Waals surface area (Å²) in [5.41, 5.74) is 7.61. The molecule has 0 aliphatic rings. The molecular weight excluding hydrogens is 526 g/mol. The molecule has 218 valence electrons. The van der Waals surface area contributed by atoms with Crippen molar-refractivity contribution in [3.05, 3.63) is 36.0 Å². The minimum atomic E-state index is -1.65. The van der Waals surface area contributed by atoms with Gasteiger partial charge in [-0.2, -0.15) is 0 Å². The van der Waals surface area contributed by atoms with E-state index in [9.17, 15) is 39.0 Å². The first-order chi connectivity index (χ1) is 18.8. The second kappa shape index (κ2) is 14.6. The van der Waals surface area contributed by atoms with E-state index in [0.29, 0.717) is 6.42 Å². The van der Waals surface area contributed by atoms with Crippen molar-refractivity contribution in [1.29, 1.82) is 0 Å². The Balaban J connectivity index is 2.17. The van der Waals surface area contributed by atoms with Crippen LogP contribution >= 0.6 is 0 Å². The third-order valence-electron chi connectivity index (χ3n) is 6.52. The molecule has 3 amide bonds. The summed E-state index contributed by atoms with van der Waals surface area (Å²) in [6.45, 7) is 3.32. The van der Waals surface area contributed by atoms with Gasteiger partial charge in [0, 0.05) is 23.5 Å². The predicted molar refractivity (Wildman–Crippen MR) is 142 cm³/mol. The predicted octanol–water partition coefficient (Wildman–Crippen LogP) is -0.0377. The molecular formula is C26H35N5O9. The van der Waals surface area contributed by atoms with Gasteiger partial charge in [0.05, 0.1) is 12.5 Å². The number of aliphatic carboxylic acids is 3. The fraction of sp³-hybridized carbons (Fsp3) is 0.462. The lowest BCUT2D eigenvalue weighted by molar-refractivity contribution is -0.144. The first-order valence-electron chi connectivity index (χ1n) is 12.7. The zero-order chi connectivity index (χ0) is 30.0. The molecule has 14 heteroatoms. The number of carboxylic acids is 3. The molecule has 1 heterocycles. The standard InChI is InChI=1S/C26H35N5O9/c1-3-13(2)22(26(39)40)31-24(37)18(8-9-20(32)33)29-25(38)19(11-21(34)35)30-23(36)16(27)10-14-12-28-17-7-5-4-6-15(14)17/h4-7,12-13,16,18-19,22,28H,3,8-11,27H2,1-2H3,(H,29,38)(H,30,36)(H,31,37)(H,32,33)(H,34,35)(H,39,40). The van der Waals surface area contributed by atoms with Gasteiger partial charge in [0.15, 0.2) is 0 Å². The summed E-state index contributed by atoms with van der Waals surface area (Å²) >= 11 is 0. The number of carbonyl (C=O) groups is 6. The number of nitrogens with one attached hydrogen (secondary N) is 4. The van der Waals surface area contributed by atoms with Crippen LogP contribution in [0.5, 0.6) is 0 Å². The van der Waals surface area contributed by atoms with Crippen LogP contribution in [0.3, 0.4) is 0 Å². The van der Waals surface area contributed by atoms with Crippen LogP contribution in [0.4, 0.5) is 0 Å². The second-order valence-corrected chi connectivity index (χ2v) is 9.53. The van der Waals surface area contributed by atoms with Gasteiger partial charge in [0.1, 0.15) is 18.1 Å². The van der Waals surface area contributed by atoms with Crippen LogP contribution in [0.1, 0.15) is 45.1 Å². The van der Waals surface area contributed by atoms with Crippen LogP contribution in [0, 0.1) is 5.92 Å². The Morgan fingerprint density at radius 2 is 1.52 bits per heavy atom. The van der Waals surface area contributed by atoms with Gasteiger partial charge in [-0.1, -0.05) is 38.5 Å². The highest BCUT2D eigenvalue weighted by Crippen LogP contribution is 2.19. The molecule has 40 heavy (non-hydrogen) atoms. The Kier molecular flexibility index (Phi) is 11.6. The van der Waals surface area contributed by atoms with Gasteiger partial charge >= 0.3 is 17.9 Å². The molecule has 0 saturated carbocycles. The quantitative estimate of drug-likeness (QED) is 0.136. The number of hydrogen-bond acceptors (Lipinski definition) is 7. The van der Waals surface area contributed by atoms with Gasteiger partial charge in [-0.3, -0.25) is 24.0 Å². The maximum absolute atomic E-state index is 13.0. The molecule has 0 fully saturated rings. The van der Waals surface area contributed by atoms with Gasteiger partial charge in [0.25, 0.3) is 0 Å². The molecule has 0 bridgehead atoms. The number of H-pyrrole nitrogens is 1. The highest BCUT2D eigenvalue weighted by molar-refractivity contribution is 5.96. The molecule has 0 aliphatic heterocycles. The third kappa shape index (κ3) is 9.08. The fourth-order valence-electron chi connectivity index (χ4n) is 4.04. The van der Waals surface area contributed by atoms with Gasteiger partial charge in [0.2, 0.25) is 17.7 Å². The van der Waals surface area contributed by atoms with Crippen LogP contribution in [0.25, 0.3) is 10.9 Å². The van der Waals surface area contributed by atoms with E-state index in [4.69, 9.17) is 10.8 Å². The topological polar surface area (TPSA) is 241 Å². The van der Waals surface area contributed by atoms with Crippen molar-refractivity contribution < 1.29 is 44.1 Å². The van der Waals surface area contributed by atoms with E-state index in [1.807, 2.05) is 24.3 Å². The summed E-state index contributed by atoms with van der Waals surface area (Å²) in [6, 6.07) is 1.71. The lowest BCUT2D eigenvalue weighted by Crippen LogP contribution is -2.58. The van der Waals surface area contributed by atoms with Crippen molar-refractivity contribution in [2.75, 3.05) is 0 Å². The molecule has 0 radical (unpaired) electrons. The van der Waals surface area contributed by atoms with E-state index in [1.165, 1.54) is 0 Å². The van der Waals surface area contributed by atoms with E-state index in [2.05, 4.69) is 20.9 Å². The Morgan fingerprint density at radius 3 is 2.12 bits per heavy atom. The van der Waals surface area contributed by atoms with Crippen LogP contribution in [0.15, 0.2) is 30.5 Å². The average Bonchev–Trinajstić information content (AvgIpc) is 3.30. The smallest absolute Gasteiger partial charge is 0.326 e. The van der Waals surface area contributed by atoms with Crippen molar-refractivity contribution in [3.8, 4) is 0 Å². The molecule has 2 rings (SSSR count). The summed E-state index contributed by atoms with van der Waals surface area (Å²) < 4.78 is 0. The lowest BCUT2D eigenvalue weighted by atomic mass is 9.98. The summed E-state index contributed by atoms with van der Waals surface area (Å²) in [6.07, 6.45) is 0.366. The molecule has 0 saturated heterocycles. The normalized spacial score (nSPS) is 14.8. The zero-order valence-corrected chi connectivity index (χ0v) is 22.2.